The van der Waals surface area contributed by atoms with Gasteiger partial charge in [-0.3, -0.25) is 9.59 Å². The quantitative estimate of drug-likeness (QED) is 0.889. The van der Waals surface area contributed by atoms with Crippen molar-refractivity contribution in [3.8, 4) is 0 Å². The first-order valence-electron chi connectivity index (χ1n) is 5.83. The molecule has 0 aliphatic rings. The van der Waals surface area contributed by atoms with Crippen LogP contribution in [0.2, 0.25) is 0 Å². The van der Waals surface area contributed by atoms with Crippen LogP contribution in [0.25, 0.3) is 0 Å². The minimum Gasteiger partial charge on any atom is -0.349 e. The van der Waals surface area contributed by atoms with E-state index in [2.05, 4.69) is 10.6 Å². The van der Waals surface area contributed by atoms with Crippen LogP contribution in [0.3, 0.4) is 0 Å². The fourth-order valence-corrected chi connectivity index (χ4v) is 2.76. The lowest BCUT2D eigenvalue weighted by Gasteiger charge is -2.13. The summed E-state index contributed by atoms with van der Waals surface area (Å²) in [5.41, 5.74) is 0. The molecule has 19 heavy (non-hydrogen) atoms. The molecule has 0 fully saturated rings. The third-order valence-electron chi connectivity index (χ3n) is 2.44. The van der Waals surface area contributed by atoms with Crippen molar-refractivity contribution in [2.24, 2.45) is 0 Å². The second kappa shape index (κ2) is 6.49. The van der Waals surface area contributed by atoms with Crippen molar-refractivity contribution < 1.29 is 9.59 Å². The van der Waals surface area contributed by atoms with Gasteiger partial charge in [-0.1, -0.05) is 12.1 Å². The predicted molar refractivity (Wildman–Crippen MR) is 77.9 cm³/mol. The molecular weight excluding hydrogens is 280 g/mol. The molecule has 2 aromatic heterocycles. The van der Waals surface area contributed by atoms with Gasteiger partial charge in [0.2, 0.25) is 0 Å². The lowest BCUT2D eigenvalue weighted by molar-refractivity contribution is 0.0916. The molecule has 0 aliphatic carbocycles. The van der Waals surface area contributed by atoms with Crippen molar-refractivity contribution in [2.45, 2.75) is 13.0 Å². The Labute approximate surface area is 119 Å². The Bertz CT molecular complexity index is 535. The molecule has 100 valence electrons. The SMILES string of the molecule is CC(CNC(=O)c1cccs1)NC(=O)c1cccs1. The summed E-state index contributed by atoms with van der Waals surface area (Å²) < 4.78 is 0. The monoisotopic (exact) mass is 294 g/mol. The largest absolute Gasteiger partial charge is 0.349 e. The molecule has 4 nitrogen and oxygen atoms in total. The van der Waals surface area contributed by atoms with E-state index in [-0.39, 0.29) is 17.9 Å². The first-order valence-corrected chi connectivity index (χ1v) is 7.59. The van der Waals surface area contributed by atoms with Gasteiger partial charge in [-0.05, 0) is 29.8 Å². The highest BCUT2D eigenvalue weighted by Gasteiger charge is 2.12. The molecule has 2 N–H and O–H groups in total. The lowest BCUT2D eigenvalue weighted by atomic mass is 10.3. The van der Waals surface area contributed by atoms with Gasteiger partial charge in [-0.2, -0.15) is 0 Å². The summed E-state index contributed by atoms with van der Waals surface area (Å²) in [6, 6.07) is 7.11. The van der Waals surface area contributed by atoms with Crippen LogP contribution in [0.1, 0.15) is 26.3 Å². The molecule has 0 spiro atoms. The Morgan fingerprint density at radius 3 is 2.21 bits per heavy atom. The van der Waals surface area contributed by atoms with Gasteiger partial charge >= 0.3 is 0 Å². The number of carbonyl (C=O) groups is 2. The third-order valence-corrected chi connectivity index (χ3v) is 4.17. The molecule has 1 unspecified atom stereocenters. The highest BCUT2D eigenvalue weighted by molar-refractivity contribution is 7.12. The fraction of sp³-hybridized carbons (Fsp3) is 0.231. The summed E-state index contributed by atoms with van der Waals surface area (Å²) in [5.74, 6) is -0.208. The fourth-order valence-electron chi connectivity index (χ4n) is 1.49. The molecule has 0 bridgehead atoms. The van der Waals surface area contributed by atoms with Crippen molar-refractivity contribution in [3.63, 3.8) is 0 Å². The number of rotatable bonds is 5. The number of carbonyl (C=O) groups excluding carboxylic acids is 2. The van der Waals surface area contributed by atoms with Crippen LogP contribution in [-0.2, 0) is 0 Å². The zero-order chi connectivity index (χ0) is 13.7. The molecular formula is C13H14N2O2S2. The topological polar surface area (TPSA) is 58.2 Å². The maximum Gasteiger partial charge on any atom is 0.261 e. The Kier molecular flexibility index (Phi) is 4.70. The van der Waals surface area contributed by atoms with Crippen LogP contribution in [0.4, 0.5) is 0 Å². The van der Waals surface area contributed by atoms with Gasteiger partial charge in [-0.25, -0.2) is 0 Å². The van der Waals surface area contributed by atoms with E-state index in [0.717, 1.165) is 0 Å². The second-order valence-electron chi connectivity index (χ2n) is 4.04. The maximum absolute atomic E-state index is 11.8. The Morgan fingerprint density at radius 2 is 1.68 bits per heavy atom. The number of hydrogen-bond acceptors (Lipinski definition) is 4. The van der Waals surface area contributed by atoms with Crippen molar-refractivity contribution in [3.05, 3.63) is 44.8 Å². The maximum atomic E-state index is 11.8. The van der Waals surface area contributed by atoms with Crippen molar-refractivity contribution >= 4 is 34.5 Å². The van der Waals surface area contributed by atoms with Crippen molar-refractivity contribution in [2.75, 3.05) is 6.54 Å². The third kappa shape index (κ3) is 3.90. The van der Waals surface area contributed by atoms with Crippen molar-refractivity contribution in [1.29, 1.82) is 0 Å². The summed E-state index contributed by atoms with van der Waals surface area (Å²) >= 11 is 2.79. The zero-order valence-electron chi connectivity index (χ0n) is 10.4. The van der Waals surface area contributed by atoms with E-state index in [0.29, 0.717) is 16.3 Å². The molecule has 2 heterocycles. The Balaban J connectivity index is 1.77. The smallest absolute Gasteiger partial charge is 0.261 e. The number of nitrogens with one attached hydrogen (secondary N) is 2. The van der Waals surface area contributed by atoms with Gasteiger partial charge in [0.1, 0.15) is 0 Å². The van der Waals surface area contributed by atoms with Gasteiger partial charge in [0.05, 0.1) is 9.75 Å². The predicted octanol–water partition coefficient (Wildman–Crippen LogP) is 2.36. The van der Waals surface area contributed by atoms with Crippen LogP contribution in [0.5, 0.6) is 0 Å². The molecule has 0 saturated carbocycles. The van der Waals surface area contributed by atoms with Gasteiger partial charge in [0.15, 0.2) is 0 Å². The molecule has 2 aromatic rings. The summed E-state index contributed by atoms with van der Waals surface area (Å²) in [6.45, 7) is 2.27. The highest BCUT2D eigenvalue weighted by Crippen LogP contribution is 2.09. The summed E-state index contributed by atoms with van der Waals surface area (Å²) in [6.07, 6.45) is 0. The minimum atomic E-state index is -0.112. The molecule has 0 aliphatic heterocycles. The first-order chi connectivity index (χ1) is 9.16. The van der Waals surface area contributed by atoms with Crippen molar-refractivity contribution in [1.82, 2.24) is 10.6 Å². The number of amides is 2. The molecule has 0 radical (unpaired) electrons. The van der Waals surface area contributed by atoms with E-state index >= 15 is 0 Å². The van der Waals surface area contributed by atoms with Crippen LogP contribution < -0.4 is 10.6 Å². The van der Waals surface area contributed by atoms with Crippen LogP contribution in [0.15, 0.2) is 35.0 Å². The van der Waals surface area contributed by atoms with Crippen LogP contribution >= 0.6 is 22.7 Å². The molecule has 6 heteroatoms. The summed E-state index contributed by atoms with van der Waals surface area (Å²) in [5, 5.41) is 9.36. The summed E-state index contributed by atoms with van der Waals surface area (Å²) in [4.78, 5) is 24.8. The molecule has 2 amide bonds. The van der Waals surface area contributed by atoms with E-state index in [1.807, 2.05) is 29.8 Å². The van der Waals surface area contributed by atoms with E-state index in [1.165, 1.54) is 22.7 Å². The van der Waals surface area contributed by atoms with E-state index < -0.39 is 0 Å². The first kappa shape index (κ1) is 13.8. The lowest BCUT2D eigenvalue weighted by Crippen LogP contribution is -2.41. The molecule has 2 rings (SSSR count). The van der Waals surface area contributed by atoms with E-state index in [4.69, 9.17) is 0 Å². The van der Waals surface area contributed by atoms with E-state index in [1.54, 1.807) is 12.1 Å². The van der Waals surface area contributed by atoms with E-state index in [9.17, 15) is 9.59 Å². The average Bonchev–Trinajstić information content (AvgIpc) is 3.07. The molecule has 0 saturated heterocycles. The van der Waals surface area contributed by atoms with Gasteiger partial charge in [0.25, 0.3) is 11.8 Å². The van der Waals surface area contributed by atoms with Crippen LogP contribution in [0, 0.1) is 0 Å². The minimum absolute atomic E-state index is 0.104. The normalized spacial score (nSPS) is 11.8. The standard InChI is InChI=1S/C13H14N2O2S2/c1-9(15-13(17)11-5-3-7-19-11)8-14-12(16)10-4-2-6-18-10/h2-7,9H,8H2,1H3,(H,14,16)(H,15,17). The van der Waals surface area contributed by atoms with Gasteiger partial charge in [0, 0.05) is 12.6 Å². The highest BCUT2D eigenvalue weighted by atomic mass is 32.1. The average molecular weight is 294 g/mol. The molecule has 0 aromatic carbocycles. The van der Waals surface area contributed by atoms with Crippen LogP contribution in [-0.4, -0.2) is 24.4 Å². The number of thiophene rings is 2. The molecule has 1 atom stereocenters. The Morgan fingerprint density at radius 1 is 1.11 bits per heavy atom. The number of hydrogen-bond donors (Lipinski definition) is 2. The second-order valence-corrected chi connectivity index (χ2v) is 5.93. The van der Waals surface area contributed by atoms with Gasteiger partial charge < -0.3 is 10.6 Å². The Hall–Kier alpha value is -1.66. The zero-order valence-corrected chi connectivity index (χ0v) is 12.0. The summed E-state index contributed by atoms with van der Waals surface area (Å²) in [7, 11) is 0. The van der Waals surface area contributed by atoms with Gasteiger partial charge in [-0.15, -0.1) is 22.7 Å².